The highest BCUT2D eigenvalue weighted by atomic mass is 35.5. The molecule has 0 aliphatic heterocycles. The van der Waals surface area contributed by atoms with Crippen LogP contribution in [-0.4, -0.2) is 25.9 Å². The average Bonchev–Trinajstić information content (AvgIpc) is 2.48. The lowest BCUT2D eigenvalue weighted by atomic mass is 10.0. The van der Waals surface area contributed by atoms with Crippen LogP contribution in [0.3, 0.4) is 0 Å². The fourth-order valence-corrected chi connectivity index (χ4v) is 1.01. The summed E-state index contributed by atoms with van der Waals surface area (Å²) in [5, 5.41) is 11.3. The van der Waals surface area contributed by atoms with Crippen molar-refractivity contribution >= 4 is 11.6 Å². The first-order valence-corrected chi connectivity index (χ1v) is 5.10. The molecule has 0 saturated carbocycles. The van der Waals surface area contributed by atoms with E-state index in [2.05, 4.69) is 29.5 Å². The van der Waals surface area contributed by atoms with Gasteiger partial charge in [0.2, 0.25) is 0 Å². The first-order chi connectivity index (χ1) is 6.42. The first kappa shape index (κ1) is 11.5. The van der Waals surface area contributed by atoms with Gasteiger partial charge in [0.05, 0.1) is 5.69 Å². The van der Waals surface area contributed by atoms with Crippen molar-refractivity contribution in [3.05, 3.63) is 11.9 Å². The SMILES string of the molecule is CC(Cl)C(C)(C)NCc1cn(C)nn1. The molecule has 1 aromatic rings. The van der Waals surface area contributed by atoms with E-state index in [0.29, 0.717) is 6.54 Å². The molecule has 1 rings (SSSR count). The summed E-state index contributed by atoms with van der Waals surface area (Å²) in [6.45, 7) is 6.81. The van der Waals surface area contributed by atoms with Gasteiger partial charge in [0.1, 0.15) is 0 Å². The average molecular weight is 217 g/mol. The molecule has 14 heavy (non-hydrogen) atoms. The number of alkyl halides is 1. The third-order valence-corrected chi connectivity index (χ3v) is 2.92. The van der Waals surface area contributed by atoms with Crippen LogP contribution in [0.25, 0.3) is 0 Å². The van der Waals surface area contributed by atoms with E-state index in [-0.39, 0.29) is 10.9 Å². The highest BCUT2D eigenvalue weighted by Crippen LogP contribution is 2.14. The summed E-state index contributed by atoms with van der Waals surface area (Å²) in [4.78, 5) is 0. The molecule has 1 N–H and O–H groups in total. The Hall–Kier alpha value is -0.610. The molecule has 0 radical (unpaired) electrons. The molecule has 4 nitrogen and oxygen atoms in total. The van der Waals surface area contributed by atoms with Gasteiger partial charge in [-0.2, -0.15) is 0 Å². The molecule has 1 atom stereocenters. The van der Waals surface area contributed by atoms with Crippen LogP contribution >= 0.6 is 11.6 Å². The third-order valence-electron chi connectivity index (χ3n) is 2.37. The molecular weight excluding hydrogens is 200 g/mol. The smallest absolute Gasteiger partial charge is 0.0964 e. The molecule has 1 aromatic heterocycles. The van der Waals surface area contributed by atoms with Crippen molar-refractivity contribution in [3.63, 3.8) is 0 Å². The molecule has 0 aliphatic carbocycles. The molecule has 1 heterocycles. The summed E-state index contributed by atoms with van der Waals surface area (Å²) in [7, 11) is 1.85. The van der Waals surface area contributed by atoms with Crippen LogP contribution in [0.4, 0.5) is 0 Å². The molecule has 0 aromatic carbocycles. The van der Waals surface area contributed by atoms with Gasteiger partial charge in [-0.15, -0.1) is 16.7 Å². The molecule has 5 heteroatoms. The number of nitrogens with zero attached hydrogens (tertiary/aromatic N) is 3. The predicted octanol–water partition coefficient (Wildman–Crippen LogP) is 1.31. The summed E-state index contributed by atoms with van der Waals surface area (Å²) in [5.74, 6) is 0. The first-order valence-electron chi connectivity index (χ1n) is 4.66. The summed E-state index contributed by atoms with van der Waals surface area (Å²) < 4.78 is 1.69. The van der Waals surface area contributed by atoms with Crippen LogP contribution in [0.5, 0.6) is 0 Å². The topological polar surface area (TPSA) is 42.7 Å². The predicted molar refractivity (Wildman–Crippen MR) is 57.2 cm³/mol. The second kappa shape index (κ2) is 4.28. The number of hydrogen-bond donors (Lipinski definition) is 1. The lowest BCUT2D eigenvalue weighted by Gasteiger charge is -2.28. The van der Waals surface area contributed by atoms with Crippen LogP contribution in [0.2, 0.25) is 0 Å². The quantitative estimate of drug-likeness (QED) is 0.772. The lowest BCUT2D eigenvalue weighted by Crippen LogP contribution is -2.45. The Balaban J connectivity index is 2.48. The molecule has 0 amide bonds. The van der Waals surface area contributed by atoms with Gasteiger partial charge in [0.25, 0.3) is 0 Å². The number of hydrogen-bond acceptors (Lipinski definition) is 3. The van der Waals surface area contributed by atoms with E-state index < -0.39 is 0 Å². The molecular formula is C9H17ClN4. The maximum Gasteiger partial charge on any atom is 0.0964 e. The Morgan fingerprint density at radius 3 is 2.71 bits per heavy atom. The largest absolute Gasteiger partial charge is 0.305 e. The molecule has 0 aliphatic rings. The molecule has 0 spiro atoms. The van der Waals surface area contributed by atoms with Gasteiger partial charge < -0.3 is 5.32 Å². The van der Waals surface area contributed by atoms with Crippen molar-refractivity contribution in [1.82, 2.24) is 20.3 Å². The van der Waals surface area contributed by atoms with Gasteiger partial charge in [-0.1, -0.05) is 5.21 Å². The van der Waals surface area contributed by atoms with Gasteiger partial charge in [-0.05, 0) is 20.8 Å². The lowest BCUT2D eigenvalue weighted by molar-refractivity contribution is 0.378. The number of halogens is 1. The normalized spacial score (nSPS) is 14.4. The standard InChI is InChI=1S/C9H17ClN4/c1-7(10)9(2,3)11-5-8-6-14(4)13-12-8/h6-7,11H,5H2,1-4H3. The van der Waals surface area contributed by atoms with Gasteiger partial charge >= 0.3 is 0 Å². The van der Waals surface area contributed by atoms with E-state index in [1.165, 1.54) is 0 Å². The Morgan fingerprint density at radius 2 is 2.29 bits per heavy atom. The fraction of sp³-hybridized carbons (Fsp3) is 0.778. The summed E-state index contributed by atoms with van der Waals surface area (Å²) in [6, 6.07) is 0. The van der Waals surface area contributed by atoms with Crippen molar-refractivity contribution in [2.75, 3.05) is 0 Å². The van der Waals surface area contributed by atoms with Gasteiger partial charge in [0.15, 0.2) is 0 Å². The van der Waals surface area contributed by atoms with Crippen molar-refractivity contribution < 1.29 is 0 Å². The van der Waals surface area contributed by atoms with E-state index in [0.717, 1.165) is 5.69 Å². The Labute approximate surface area is 89.6 Å². The zero-order valence-electron chi connectivity index (χ0n) is 9.08. The molecule has 0 saturated heterocycles. The molecule has 0 bridgehead atoms. The van der Waals surface area contributed by atoms with Gasteiger partial charge in [-0.25, -0.2) is 0 Å². The highest BCUT2D eigenvalue weighted by molar-refractivity contribution is 6.21. The summed E-state index contributed by atoms with van der Waals surface area (Å²) >= 11 is 6.04. The number of rotatable bonds is 4. The van der Waals surface area contributed by atoms with E-state index in [4.69, 9.17) is 11.6 Å². The Kier molecular flexibility index (Phi) is 3.50. The minimum absolute atomic E-state index is 0.0687. The van der Waals surface area contributed by atoms with Crippen LogP contribution in [0.15, 0.2) is 6.20 Å². The van der Waals surface area contributed by atoms with E-state index in [1.54, 1.807) is 4.68 Å². The monoisotopic (exact) mass is 216 g/mol. The minimum atomic E-state index is -0.0981. The Morgan fingerprint density at radius 1 is 1.64 bits per heavy atom. The van der Waals surface area contributed by atoms with Gasteiger partial charge in [-0.3, -0.25) is 4.68 Å². The van der Waals surface area contributed by atoms with Crippen molar-refractivity contribution in [1.29, 1.82) is 0 Å². The highest BCUT2D eigenvalue weighted by Gasteiger charge is 2.23. The number of nitrogens with one attached hydrogen (secondary N) is 1. The fourth-order valence-electron chi connectivity index (χ4n) is 0.935. The molecule has 1 unspecified atom stereocenters. The van der Waals surface area contributed by atoms with Crippen molar-refractivity contribution in [2.24, 2.45) is 7.05 Å². The van der Waals surface area contributed by atoms with E-state index >= 15 is 0 Å². The van der Waals surface area contributed by atoms with Crippen molar-refractivity contribution in [3.8, 4) is 0 Å². The van der Waals surface area contributed by atoms with Crippen molar-refractivity contribution in [2.45, 2.75) is 38.2 Å². The number of aryl methyl sites for hydroxylation is 1. The zero-order valence-corrected chi connectivity index (χ0v) is 9.84. The third kappa shape index (κ3) is 2.96. The minimum Gasteiger partial charge on any atom is -0.305 e. The van der Waals surface area contributed by atoms with Gasteiger partial charge in [0, 0.05) is 30.7 Å². The second-order valence-electron chi connectivity index (χ2n) is 4.07. The van der Waals surface area contributed by atoms with Crippen LogP contribution < -0.4 is 5.32 Å². The maximum atomic E-state index is 6.04. The Bertz CT molecular complexity index is 293. The summed E-state index contributed by atoms with van der Waals surface area (Å²) in [6.07, 6.45) is 1.89. The summed E-state index contributed by atoms with van der Waals surface area (Å²) in [5.41, 5.74) is 0.830. The van der Waals surface area contributed by atoms with Crippen LogP contribution in [0.1, 0.15) is 26.5 Å². The zero-order chi connectivity index (χ0) is 10.8. The maximum absolute atomic E-state index is 6.04. The van der Waals surface area contributed by atoms with E-state index in [9.17, 15) is 0 Å². The molecule has 0 fully saturated rings. The van der Waals surface area contributed by atoms with Crippen LogP contribution in [-0.2, 0) is 13.6 Å². The van der Waals surface area contributed by atoms with Crippen LogP contribution in [0, 0.1) is 0 Å². The van der Waals surface area contributed by atoms with E-state index in [1.807, 2.05) is 20.2 Å². The number of aromatic nitrogens is 3. The second-order valence-corrected chi connectivity index (χ2v) is 4.73. The molecule has 80 valence electrons.